The van der Waals surface area contributed by atoms with Crippen molar-refractivity contribution >= 4 is 34.2 Å². The Kier molecular flexibility index (Phi) is 2.87. The highest BCUT2D eigenvalue weighted by Crippen LogP contribution is 2.28. The van der Waals surface area contributed by atoms with E-state index in [0.29, 0.717) is 10.9 Å². The first-order chi connectivity index (χ1) is 7.59. The third-order valence-corrected chi connectivity index (χ3v) is 3.24. The quantitative estimate of drug-likeness (QED) is 0.849. The van der Waals surface area contributed by atoms with Crippen molar-refractivity contribution in [3.8, 4) is 0 Å². The van der Waals surface area contributed by atoms with Gasteiger partial charge in [0.2, 0.25) is 5.91 Å². The first-order valence-corrected chi connectivity index (χ1v) is 5.90. The molecule has 1 aromatic rings. The Bertz CT molecular complexity index is 429. The first-order valence-electron chi connectivity index (χ1n) is 4.91. The second-order valence-corrected chi connectivity index (χ2v) is 4.70. The number of nitrogens with one attached hydrogen (secondary N) is 1. The van der Waals surface area contributed by atoms with Gasteiger partial charge in [0.05, 0.1) is 11.4 Å². The molecular weight excluding hydrogens is 222 g/mol. The highest BCUT2D eigenvalue weighted by molar-refractivity contribution is 8.15. The molecule has 0 atom stereocenters. The molecule has 5 heteroatoms. The molecule has 0 saturated carbocycles. The summed E-state index contributed by atoms with van der Waals surface area (Å²) in [6.07, 6.45) is 0. The molecule has 0 aromatic heterocycles. The molecule has 1 saturated heterocycles. The minimum atomic E-state index is -0.0223. The number of amidine groups is 1. The molecule has 1 heterocycles. The summed E-state index contributed by atoms with van der Waals surface area (Å²) in [4.78, 5) is 15.0. The Balaban J connectivity index is 2.36. The minimum Gasteiger partial charge on any atom is -0.378 e. The third-order valence-electron chi connectivity index (χ3n) is 2.39. The lowest BCUT2D eigenvalue weighted by atomic mass is 10.2. The van der Waals surface area contributed by atoms with Gasteiger partial charge in [-0.15, -0.1) is 0 Å². The fraction of sp³-hybridized carbons (Fsp3) is 0.273. The molecule has 0 bridgehead atoms. The van der Waals surface area contributed by atoms with Gasteiger partial charge in [0.1, 0.15) is 0 Å². The van der Waals surface area contributed by atoms with Crippen molar-refractivity contribution < 1.29 is 4.79 Å². The number of thioether (sulfide) groups is 1. The summed E-state index contributed by atoms with van der Waals surface area (Å²) >= 11 is 1.27. The zero-order valence-corrected chi connectivity index (χ0v) is 10.0. The lowest BCUT2D eigenvalue weighted by molar-refractivity contribution is -0.115. The predicted octanol–water partition coefficient (Wildman–Crippen LogP) is 1.77. The Morgan fingerprint density at radius 1 is 1.44 bits per heavy atom. The summed E-state index contributed by atoms with van der Waals surface area (Å²) in [5.74, 6) is 0.344. The summed E-state index contributed by atoms with van der Waals surface area (Å²) in [6.45, 7) is 0. The van der Waals surface area contributed by atoms with Gasteiger partial charge in [-0.2, -0.15) is 0 Å². The molecule has 1 aliphatic rings. The molecule has 0 unspecified atom stereocenters. The molecule has 16 heavy (non-hydrogen) atoms. The van der Waals surface area contributed by atoms with Crippen LogP contribution in [0.15, 0.2) is 24.3 Å². The van der Waals surface area contributed by atoms with Crippen molar-refractivity contribution in [3.05, 3.63) is 24.3 Å². The Hall–Kier alpha value is -1.49. The average Bonchev–Trinajstić information content (AvgIpc) is 2.59. The Labute approximate surface area is 98.7 Å². The van der Waals surface area contributed by atoms with Gasteiger partial charge in [-0.05, 0) is 18.2 Å². The van der Waals surface area contributed by atoms with Gasteiger partial charge in [0.15, 0.2) is 5.17 Å². The molecule has 1 aromatic carbocycles. The summed E-state index contributed by atoms with van der Waals surface area (Å²) in [5, 5.41) is 8.01. The monoisotopic (exact) mass is 235 g/mol. The van der Waals surface area contributed by atoms with Crippen LogP contribution in [0.1, 0.15) is 0 Å². The van der Waals surface area contributed by atoms with Gasteiger partial charge in [-0.25, -0.2) is 0 Å². The largest absolute Gasteiger partial charge is 0.378 e. The fourth-order valence-corrected chi connectivity index (χ4v) is 2.27. The number of hydrogen-bond donors (Lipinski definition) is 1. The van der Waals surface area contributed by atoms with E-state index in [1.54, 1.807) is 0 Å². The van der Waals surface area contributed by atoms with Crippen molar-refractivity contribution in [2.24, 2.45) is 0 Å². The molecule has 1 N–H and O–H groups in total. The summed E-state index contributed by atoms with van der Waals surface area (Å²) in [6, 6.07) is 7.64. The van der Waals surface area contributed by atoms with Crippen molar-refractivity contribution in [2.75, 3.05) is 29.6 Å². The second-order valence-electron chi connectivity index (χ2n) is 3.74. The predicted molar refractivity (Wildman–Crippen MR) is 68.4 cm³/mol. The van der Waals surface area contributed by atoms with Gasteiger partial charge in [-0.3, -0.25) is 15.1 Å². The molecule has 2 rings (SSSR count). The van der Waals surface area contributed by atoms with Crippen molar-refractivity contribution in [3.63, 3.8) is 0 Å². The Morgan fingerprint density at radius 2 is 2.19 bits per heavy atom. The molecule has 4 nitrogen and oxygen atoms in total. The number of amides is 1. The number of nitrogens with zero attached hydrogens (tertiary/aromatic N) is 2. The molecule has 1 aliphatic heterocycles. The van der Waals surface area contributed by atoms with Gasteiger partial charge in [0, 0.05) is 19.8 Å². The van der Waals surface area contributed by atoms with E-state index >= 15 is 0 Å². The molecule has 0 radical (unpaired) electrons. The van der Waals surface area contributed by atoms with E-state index in [2.05, 4.69) is 0 Å². The lowest BCUT2D eigenvalue weighted by Crippen LogP contribution is -2.28. The molecule has 1 amide bonds. The standard InChI is InChI=1S/C11H13N3OS/c1-13(2)8-4-3-5-9(6-8)14-10(15)7-16-11(14)12/h3-6,12H,7H2,1-2H3. The molecule has 0 spiro atoms. The van der Waals surface area contributed by atoms with Crippen molar-refractivity contribution in [2.45, 2.75) is 0 Å². The van der Waals surface area contributed by atoms with Crippen molar-refractivity contribution in [1.82, 2.24) is 0 Å². The molecule has 84 valence electrons. The normalized spacial score (nSPS) is 15.8. The van der Waals surface area contributed by atoms with Crippen LogP contribution in [0.2, 0.25) is 0 Å². The maximum atomic E-state index is 11.6. The zero-order chi connectivity index (χ0) is 11.7. The van der Waals surface area contributed by atoms with Gasteiger partial charge < -0.3 is 4.90 Å². The summed E-state index contributed by atoms with van der Waals surface area (Å²) in [7, 11) is 3.90. The Morgan fingerprint density at radius 3 is 2.75 bits per heavy atom. The number of carbonyl (C=O) groups excluding carboxylic acids is 1. The number of benzene rings is 1. The highest BCUT2D eigenvalue weighted by Gasteiger charge is 2.28. The number of anilines is 2. The third kappa shape index (κ3) is 1.90. The van der Waals surface area contributed by atoms with Crippen LogP contribution in [0, 0.1) is 5.41 Å². The van der Waals surface area contributed by atoms with Crippen LogP contribution in [0.4, 0.5) is 11.4 Å². The fourth-order valence-electron chi connectivity index (χ4n) is 1.54. The van der Waals surface area contributed by atoms with Crippen LogP contribution >= 0.6 is 11.8 Å². The smallest absolute Gasteiger partial charge is 0.243 e. The maximum absolute atomic E-state index is 11.6. The van der Waals surface area contributed by atoms with Gasteiger partial charge in [-0.1, -0.05) is 17.8 Å². The van der Waals surface area contributed by atoms with E-state index in [-0.39, 0.29) is 5.91 Å². The second kappa shape index (κ2) is 4.17. The van der Waals surface area contributed by atoms with Crippen LogP contribution < -0.4 is 9.80 Å². The minimum absolute atomic E-state index is 0.0223. The molecule has 1 fully saturated rings. The topological polar surface area (TPSA) is 47.4 Å². The van der Waals surface area contributed by atoms with Crippen LogP contribution in [0.5, 0.6) is 0 Å². The number of rotatable bonds is 2. The van der Waals surface area contributed by atoms with E-state index in [0.717, 1.165) is 11.4 Å². The maximum Gasteiger partial charge on any atom is 0.243 e. The summed E-state index contributed by atoms with van der Waals surface area (Å²) < 4.78 is 0. The van der Waals surface area contributed by atoms with Crippen LogP contribution in [-0.4, -0.2) is 30.9 Å². The molecule has 0 aliphatic carbocycles. The number of hydrogen-bond acceptors (Lipinski definition) is 4. The van der Waals surface area contributed by atoms with Crippen molar-refractivity contribution in [1.29, 1.82) is 5.41 Å². The SMILES string of the molecule is CN(C)c1cccc(N2C(=N)SCC2=O)c1. The van der Waals surface area contributed by atoms with E-state index in [9.17, 15) is 4.79 Å². The van der Waals surface area contributed by atoms with E-state index < -0.39 is 0 Å². The lowest BCUT2D eigenvalue weighted by Gasteiger charge is -2.18. The van der Waals surface area contributed by atoms with E-state index in [4.69, 9.17) is 5.41 Å². The van der Waals surface area contributed by atoms with Gasteiger partial charge >= 0.3 is 0 Å². The van der Waals surface area contributed by atoms with Gasteiger partial charge in [0.25, 0.3) is 0 Å². The first kappa shape index (κ1) is 11.0. The van der Waals surface area contributed by atoms with Crippen LogP contribution in [0.25, 0.3) is 0 Å². The van der Waals surface area contributed by atoms with E-state index in [1.165, 1.54) is 16.7 Å². The highest BCUT2D eigenvalue weighted by atomic mass is 32.2. The molecular formula is C11H13N3OS. The zero-order valence-electron chi connectivity index (χ0n) is 9.23. The van der Waals surface area contributed by atoms with E-state index in [1.807, 2.05) is 43.3 Å². The number of carbonyl (C=O) groups is 1. The average molecular weight is 235 g/mol. The van der Waals surface area contributed by atoms with Crippen LogP contribution in [-0.2, 0) is 4.79 Å². The van der Waals surface area contributed by atoms with Crippen LogP contribution in [0.3, 0.4) is 0 Å². The summed E-state index contributed by atoms with van der Waals surface area (Å²) in [5.41, 5.74) is 1.79.